The molecule has 0 bridgehead atoms. The number of aromatic hydroxyl groups is 1. The monoisotopic (exact) mass is 480 g/mol. The maximum absolute atomic E-state index is 11.4. The number of anilines is 5. The van der Waals surface area contributed by atoms with E-state index in [-0.39, 0.29) is 5.75 Å². The first kappa shape index (κ1) is 21.3. The molecule has 5 heteroatoms. The predicted octanol–water partition coefficient (Wildman–Crippen LogP) is 7.95. The number of rotatable bonds is 3. The first-order valence-corrected chi connectivity index (χ1v) is 12.3. The van der Waals surface area contributed by atoms with Gasteiger partial charge in [-0.2, -0.15) is 0 Å². The van der Waals surface area contributed by atoms with Crippen molar-refractivity contribution in [1.29, 1.82) is 0 Å². The van der Waals surface area contributed by atoms with E-state index in [9.17, 15) is 5.11 Å². The summed E-state index contributed by atoms with van der Waals surface area (Å²) in [6.45, 7) is 0. The highest BCUT2D eigenvalue weighted by Crippen LogP contribution is 2.51. The van der Waals surface area contributed by atoms with Gasteiger partial charge < -0.3 is 14.9 Å². The number of imidazole rings is 1. The molecule has 178 valence electrons. The molecule has 1 aromatic heterocycles. The Morgan fingerprint density at radius 3 is 1.86 bits per heavy atom. The maximum Gasteiger partial charge on any atom is 0.149 e. The van der Waals surface area contributed by atoms with Crippen molar-refractivity contribution in [3.05, 3.63) is 121 Å². The number of hydrogen-bond donors (Lipinski definition) is 1. The Bertz CT molecular complexity index is 1730. The van der Waals surface area contributed by atoms with E-state index in [4.69, 9.17) is 4.98 Å². The third kappa shape index (κ3) is 3.28. The van der Waals surface area contributed by atoms with Crippen LogP contribution in [-0.4, -0.2) is 21.7 Å². The summed E-state index contributed by atoms with van der Waals surface area (Å²) in [4.78, 5) is 9.34. The summed E-state index contributed by atoms with van der Waals surface area (Å²) < 4.78 is 2.10. The first-order chi connectivity index (χ1) is 18.2. The van der Waals surface area contributed by atoms with Gasteiger partial charge in [0, 0.05) is 18.8 Å². The topological polar surface area (TPSA) is 44.5 Å². The lowest BCUT2D eigenvalue weighted by molar-refractivity contribution is 0.477. The molecule has 1 aliphatic heterocycles. The third-order valence-electron chi connectivity index (χ3n) is 7.02. The highest BCUT2D eigenvalue weighted by atomic mass is 16.3. The van der Waals surface area contributed by atoms with Crippen LogP contribution in [-0.2, 0) is 0 Å². The molecule has 0 aliphatic carbocycles. The van der Waals surface area contributed by atoms with Crippen LogP contribution in [0.1, 0.15) is 0 Å². The Labute approximate surface area is 215 Å². The highest BCUT2D eigenvalue weighted by Gasteiger charge is 2.28. The summed E-state index contributed by atoms with van der Waals surface area (Å²) in [5, 5.41) is 11.4. The first-order valence-electron chi connectivity index (χ1n) is 12.3. The number of phenolic OH excluding ortho intramolecular Hbond substituents is 1. The zero-order valence-corrected chi connectivity index (χ0v) is 20.3. The van der Waals surface area contributed by atoms with Gasteiger partial charge in [0.15, 0.2) is 0 Å². The minimum Gasteiger partial charge on any atom is -0.507 e. The minimum absolute atomic E-state index is 0.180. The van der Waals surface area contributed by atoms with Gasteiger partial charge in [-0.25, -0.2) is 4.98 Å². The number of nitrogens with zero attached hydrogens (tertiary/aromatic N) is 4. The van der Waals surface area contributed by atoms with Crippen LogP contribution >= 0.6 is 0 Å². The Hall–Kier alpha value is -5.03. The Kier molecular flexibility index (Phi) is 4.76. The lowest BCUT2D eigenvalue weighted by atomic mass is 10.1. The Balaban J connectivity index is 1.41. The molecule has 0 unspecified atom stereocenters. The minimum atomic E-state index is 0.180. The van der Waals surface area contributed by atoms with Crippen molar-refractivity contribution in [1.82, 2.24) is 9.55 Å². The molecule has 0 amide bonds. The maximum atomic E-state index is 11.4. The number of benzene rings is 5. The molecule has 0 fully saturated rings. The van der Waals surface area contributed by atoms with Crippen LogP contribution in [0, 0.1) is 0 Å². The molecule has 37 heavy (non-hydrogen) atoms. The van der Waals surface area contributed by atoms with Gasteiger partial charge in [0.1, 0.15) is 11.6 Å². The van der Waals surface area contributed by atoms with E-state index in [1.165, 1.54) is 0 Å². The zero-order valence-electron chi connectivity index (χ0n) is 20.3. The number of phenols is 1. The van der Waals surface area contributed by atoms with Crippen molar-refractivity contribution in [3.63, 3.8) is 0 Å². The van der Waals surface area contributed by atoms with Crippen molar-refractivity contribution >= 4 is 39.5 Å². The average Bonchev–Trinajstić information content (AvgIpc) is 3.33. The summed E-state index contributed by atoms with van der Waals surface area (Å²) in [6.07, 6.45) is 0. The van der Waals surface area contributed by atoms with Crippen molar-refractivity contribution < 1.29 is 5.11 Å². The molecule has 2 heterocycles. The van der Waals surface area contributed by atoms with Crippen LogP contribution in [0.2, 0.25) is 0 Å². The van der Waals surface area contributed by atoms with E-state index < -0.39 is 0 Å². The number of para-hydroxylation sites is 7. The van der Waals surface area contributed by atoms with Crippen molar-refractivity contribution in [3.8, 4) is 22.8 Å². The van der Waals surface area contributed by atoms with Gasteiger partial charge in [-0.3, -0.25) is 4.57 Å². The highest BCUT2D eigenvalue weighted by molar-refractivity contribution is 5.98. The van der Waals surface area contributed by atoms with Crippen LogP contribution in [0.25, 0.3) is 28.1 Å². The molecular formula is C32H24N4O. The van der Waals surface area contributed by atoms with Crippen molar-refractivity contribution in [2.45, 2.75) is 0 Å². The lowest BCUT2D eigenvalue weighted by Gasteiger charge is -2.38. The van der Waals surface area contributed by atoms with Crippen LogP contribution in [0.5, 0.6) is 5.75 Å². The summed E-state index contributed by atoms with van der Waals surface area (Å²) in [6, 6.07) is 40.7. The van der Waals surface area contributed by atoms with Gasteiger partial charge in [-0.1, -0.05) is 54.6 Å². The number of hydrogen-bond acceptors (Lipinski definition) is 4. The second kappa shape index (κ2) is 8.28. The number of aromatic nitrogens is 2. The third-order valence-corrected chi connectivity index (χ3v) is 7.02. The van der Waals surface area contributed by atoms with Gasteiger partial charge in [0.25, 0.3) is 0 Å². The molecule has 0 spiro atoms. The standard InChI is InChI=1S/C32H24N4O/c1-34-27-15-7-9-17-29(27)35(30-18-10-8-16-28(30)34)23-19-20-24(31(37)21-23)32-33-25-13-5-6-14-26(25)36(32)22-11-3-2-4-12-22/h2-21,37H,1H3. The molecule has 1 N–H and O–H groups in total. The van der Waals surface area contributed by atoms with Crippen LogP contribution < -0.4 is 9.80 Å². The Morgan fingerprint density at radius 2 is 1.19 bits per heavy atom. The van der Waals surface area contributed by atoms with Crippen LogP contribution in [0.3, 0.4) is 0 Å². The van der Waals surface area contributed by atoms with Crippen LogP contribution in [0.4, 0.5) is 28.4 Å². The van der Waals surface area contributed by atoms with Gasteiger partial charge in [0.2, 0.25) is 0 Å². The second-order valence-corrected chi connectivity index (χ2v) is 9.17. The smallest absolute Gasteiger partial charge is 0.149 e. The Morgan fingerprint density at radius 1 is 0.595 bits per heavy atom. The van der Waals surface area contributed by atoms with Crippen LogP contribution in [0.15, 0.2) is 121 Å². The molecular weight excluding hydrogens is 456 g/mol. The molecule has 5 aromatic carbocycles. The molecule has 5 nitrogen and oxygen atoms in total. The molecule has 0 saturated carbocycles. The summed E-state index contributed by atoms with van der Waals surface area (Å²) in [7, 11) is 2.09. The SMILES string of the molecule is CN1c2ccccc2N(c2ccc(-c3nc4ccccc4n3-c3ccccc3)c(O)c2)c2ccccc21. The molecule has 0 atom stereocenters. The van der Waals surface area contributed by atoms with Gasteiger partial charge in [-0.15, -0.1) is 0 Å². The molecule has 7 rings (SSSR count). The van der Waals surface area contributed by atoms with Crippen molar-refractivity contribution in [2.24, 2.45) is 0 Å². The largest absolute Gasteiger partial charge is 0.507 e. The van der Waals surface area contributed by atoms with E-state index in [0.717, 1.165) is 45.2 Å². The molecule has 6 aromatic rings. The molecule has 1 aliphatic rings. The van der Waals surface area contributed by atoms with Gasteiger partial charge in [0.05, 0.1) is 45.0 Å². The summed E-state index contributed by atoms with van der Waals surface area (Å²) in [5.74, 6) is 0.884. The van der Waals surface area contributed by atoms with Crippen molar-refractivity contribution in [2.75, 3.05) is 16.8 Å². The average molecular weight is 481 g/mol. The van der Waals surface area contributed by atoms with E-state index in [2.05, 4.69) is 82.1 Å². The van der Waals surface area contributed by atoms with E-state index in [0.29, 0.717) is 11.4 Å². The second-order valence-electron chi connectivity index (χ2n) is 9.17. The quantitative estimate of drug-likeness (QED) is 0.279. The predicted molar refractivity (Wildman–Crippen MR) is 151 cm³/mol. The van der Waals surface area contributed by atoms with Gasteiger partial charge in [-0.05, 0) is 60.7 Å². The van der Waals surface area contributed by atoms with E-state index in [1.54, 1.807) is 0 Å². The summed E-state index contributed by atoms with van der Waals surface area (Å²) >= 11 is 0. The van der Waals surface area contributed by atoms with Gasteiger partial charge >= 0.3 is 0 Å². The molecule has 0 radical (unpaired) electrons. The fourth-order valence-corrected chi connectivity index (χ4v) is 5.30. The zero-order chi connectivity index (χ0) is 24.9. The van der Waals surface area contributed by atoms with E-state index >= 15 is 0 Å². The molecule has 0 saturated heterocycles. The fourth-order valence-electron chi connectivity index (χ4n) is 5.30. The summed E-state index contributed by atoms with van der Waals surface area (Å²) in [5.41, 5.74) is 8.78. The fraction of sp³-hybridized carbons (Fsp3) is 0.0312. The van der Waals surface area contributed by atoms with E-state index in [1.807, 2.05) is 60.7 Å². The lowest BCUT2D eigenvalue weighted by Crippen LogP contribution is -2.23. The normalized spacial score (nSPS) is 12.5. The number of fused-ring (bicyclic) bond motifs is 3.